The van der Waals surface area contributed by atoms with Crippen LogP contribution in [-0.2, 0) is 13.0 Å². The van der Waals surface area contributed by atoms with Crippen molar-refractivity contribution >= 4 is 0 Å². The van der Waals surface area contributed by atoms with Crippen molar-refractivity contribution in [3.8, 4) is 11.4 Å². The molecule has 144 valence electrons. The van der Waals surface area contributed by atoms with Gasteiger partial charge >= 0.3 is 0 Å². The Labute approximate surface area is 161 Å². The number of benzene rings is 1. The first-order valence-electron chi connectivity index (χ1n) is 10.4. The van der Waals surface area contributed by atoms with Crippen molar-refractivity contribution in [1.82, 2.24) is 19.8 Å². The molecular weight excluding hydrogens is 336 g/mol. The molecule has 1 aromatic carbocycles. The number of hydrogen-bond acceptors (Lipinski definition) is 4. The van der Waals surface area contributed by atoms with Gasteiger partial charge in [-0.2, -0.15) is 0 Å². The van der Waals surface area contributed by atoms with Crippen LogP contribution in [0, 0.1) is 0 Å². The molecule has 27 heavy (non-hydrogen) atoms. The number of aromatic nitrogens is 2. The molecule has 2 bridgehead atoms. The van der Waals surface area contributed by atoms with E-state index in [2.05, 4.69) is 51.0 Å². The molecule has 5 rings (SSSR count). The number of rotatable bonds is 6. The first-order valence-corrected chi connectivity index (χ1v) is 10.4. The van der Waals surface area contributed by atoms with E-state index in [4.69, 9.17) is 0 Å². The van der Waals surface area contributed by atoms with Gasteiger partial charge in [0.05, 0.1) is 0 Å². The fraction of sp³-hybridized carbons (Fsp3) is 0.545. The minimum Gasteiger partial charge on any atom is -0.307 e. The van der Waals surface area contributed by atoms with Crippen LogP contribution < -0.4 is 5.56 Å². The van der Waals surface area contributed by atoms with Gasteiger partial charge in [-0.15, -0.1) is 0 Å². The highest BCUT2D eigenvalue weighted by molar-refractivity contribution is 5.55. The zero-order valence-corrected chi connectivity index (χ0v) is 16.3. The van der Waals surface area contributed by atoms with Gasteiger partial charge in [-0.1, -0.05) is 37.6 Å². The summed E-state index contributed by atoms with van der Waals surface area (Å²) in [4.78, 5) is 24.8. The first kappa shape index (κ1) is 18.4. The molecule has 3 fully saturated rings. The molecule has 1 aromatic heterocycles. The molecule has 0 radical (unpaired) electrons. The van der Waals surface area contributed by atoms with E-state index in [0.29, 0.717) is 5.82 Å². The maximum Gasteiger partial charge on any atom is 0.251 e. The monoisotopic (exact) mass is 366 g/mol. The van der Waals surface area contributed by atoms with Gasteiger partial charge < -0.3 is 9.88 Å². The van der Waals surface area contributed by atoms with Crippen molar-refractivity contribution < 1.29 is 0 Å². The number of nitrogens with one attached hydrogen (secondary N) is 1. The molecule has 0 unspecified atom stereocenters. The minimum absolute atomic E-state index is 0.0643. The summed E-state index contributed by atoms with van der Waals surface area (Å²) >= 11 is 0. The second-order valence-electron chi connectivity index (χ2n) is 7.93. The number of piperidine rings is 1. The highest BCUT2D eigenvalue weighted by Crippen LogP contribution is 2.23. The van der Waals surface area contributed by atoms with E-state index in [1.54, 1.807) is 6.07 Å². The summed E-state index contributed by atoms with van der Waals surface area (Å²) in [6.45, 7) is 8.05. The number of fused-ring (bicyclic) bond motifs is 4. The Bertz CT molecular complexity index is 806. The number of nitrogens with zero attached hydrogens (tertiary/aromatic N) is 3. The van der Waals surface area contributed by atoms with E-state index in [1.165, 1.54) is 44.6 Å². The normalized spacial score (nSPS) is 22.7. The Morgan fingerprint density at radius 1 is 1.11 bits per heavy atom. The number of aryl methyl sites for hydroxylation is 1. The molecule has 3 saturated heterocycles. The second kappa shape index (κ2) is 8.36. The van der Waals surface area contributed by atoms with Crippen LogP contribution in [0.2, 0.25) is 0 Å². The first-order chi connectivity index (χ1) is 13.2. The average molecular weight is 367 g/mol. The summed E-state index contributed by atoms with van der Waals surface area (Å²) in [6, 6.07) is 10.9. The van der Waals surface area contributed by atoms with Gasteiger partial charge in [-0.25, -0.2) is 4.98 Å². The zero-order valence-electron chi connectivity index (χ0n) is 16.3. The predicted molar refractivity (Wildman–Crippen MR) is 109 cm³/mol. The molecule has 5 nitrogen and oxygen atoms in total. The summed E-state index contributed by atoms with van der Waals surface area (Å²) in [5, 5.41) is 0. The number of unbranched alkanes of at least 4 members (excludes halogenated alkanes) is 1. The molecule has 3 aliphatic heterocycles. The lowest BCUT2D eigenvalue weighted by Crippen LogP contribution is -2.37. The standard InChI is InChI=1S/C22H30N4O/c1-2-3-4-19-15-21(27)24-22(23-19)18-7-5-17(6-8-18)16-26-14-13-25-11-9-20(26)10-12-25/h5-8,15,20H,2-4,9-14,16H2,1H3,(H,23,24,27). The summed E-state index contributed by atoms with van der Waals surface area (Å²) in [7, 11) is 0. The van der Waals surface area contributed by atoms with Crippen LogP contribution in [-0.4, -0.2) is 52.0 Å². The lowest BCUT2D eigenvalue weighted by Gasteiger charge is -2.31. The van der Waals surface area contributed by atoms with Gasteiger partial charge in [0.15, 0.2) is 0 Å². The molecule has 4 heterocycles. The summed E-state index contributed by atoms with van der Waals surface area (Å²) < 4.78 is 0. The topological polar surface area (TPSA) is 52.2 Å². The van der Waals surface area contributed by atoms with Gasteiger partial charge in [-0.3, -0.25) is 9.69 Å². The van der Waals surface area contributed by atoms with Crippen LogP contribution in [0.4, 0.5) is 0 Å². The molecule has 0 amide bonds. The smallest absolute Gasteiger partial charge is 0.251 e. The SMILES string of the molecule is CCCCc1cc(=O)[nH]c(-c2ccc(CN3CCN4CCC3CC4)cc2)n1. The van der Waals surface area contributed by atoms with Crippen LogP contribution in [0.25, 0.3) is 11.4 Å². The molecule has 0 spiro atoms. The van der Waals surface area contributed by atoms with E-state index in [1.807, 2.05) is 0 Å². The Hall–Kier alpha value is -1.98. The van der Waals surface area contributed by atoms with Crippen LogP contribution in [0.5, 0.6) is 0 Å². The van der Waals surface area contributed by atoms with E-state index in [9.17, 15) is 4.79 Å². The van der Waals surface area contributed by atoms with Crippen molar-refractivity contribution in [3.63, 3.8) is 0 Å². The number of aromatic amines is 1. The van der Waals surface area contributed by atoms with Gasteiger partial charge in [-0.05, 0) is 44.3 Å². The molecule has 5 heteroatoms. The zero-order chi connectivity index (χ0) is 18.6. The molecule has 1 N–H and O–H groups in total. The Morgan fingerprint density at radius 3 is 2.63 bits per heavy atom. The highest BCUT2D eigenvalue weighted by atomic mass is 16.1. The lowest BCUT2D eigenvalue weighted by atomic mass is 10.0. The van der Waals surface area contributed by atoms with Crippen molar-refractivity contribution in [1.29, 1.82) is 0 Å². The van der Waals surface area contributed by atoms with Crippen molar-refractivity contribution in [2.24, 2.45) is 0 Å². The Morgan fingerprint density at radius 2 is 1.89 bits per heavy atom. The molecule has 0 aliphatic carbocycles. The van der Waals surface area contributed by atoms with Gasteiger partial charge in [0.25, 0.3) is 5.56 Å². The van der Waals surface area contributed by atoms with Crippen molar-refractivity contribution in [3.05, 3.63) is 51.9 Å². The maximum atomic E-state index is 12.0. The number of hydrogen-bond donors (Lipinski definition) is 1. The predicted octanol–water partition coefficient (Wildman–Crippen LogP) is 3.06. The average Bonchev–Trinajstić information content (AvgIpc) is 3.00. The fourth-order valence-corrected chi connectivity index (χ4v) is 4.30. The van der Waals surface area contributed by atoms with Crippen molar-refractivity contribution in [2.75, 3.05) is 26.2 Å². The summed E-state index contributed by atoms with van der Waals surface area (Å²) in [5.41, 5.74) is 3.14. The Balaban J connectivity index is 1.47. The van der Waals surface area contributed by atoms with Gasteiger partial charge in [0, 0.05) is 43.0 Å². The molecule has 0 saturated carbocycles. The largest absolute Gasteiger partial charge is 0.307 e. The van der Waals surface area contributed by atoms with E-state index >= 15 is 0 Å². The summed E-state index contributed by atoms with van der Waals surface area (Å²) in [6.07, 6.45) is 5.62. The maximum absolute atomic E-state index is 12.0. The van der Waals surface area contributed by atoms with Crippen LogP contribution >= 0.6 is 0 Å². The van der Waals surface area contributed by atoms with E-state index < -0.39 is 0 Å². The third-order valence-corrected chi connectivity index (χ3v) is 5.97. The molecule has 3 aliphatic rings. The quantitative estimate of drug-likeness (QED) is 0.854. The van der Waals surface area contributed by atoms with Gasteiger partial charge in [0.1, 0.15) is 5.82 Å². The highest BCUT2D eigenvalue weighted by Gasteiger charge is 2.28. The van der Waals surface area contributed by atoms with Gasteiger partial charge in [0.2, 0.25) is 0 Å². The molecular formula is C22H30N4O. The van der Waals surface area contributed by atoms with E-state index in [0.717, 1.165) is 43.1 Å². The number of H-pyrrole nitrogens is 1. The van der Waals surface area contributed by atoms with Crippen molar-refractivity contribution in [2.45, 2.75) is 51.6 Å². The molecule has 2 aromatic rings. The van der Waals surface area contributed by atoms with Crippen LogP contribution in [0.3, 0.4) is 0 Å². The second-order valence-corrected chi connectivity index (χ2v) is 7.93. The third-order valence-electron chi connectivity index (χ3n) is 5.97. The third kappa shape index (κ3) is 4.47. The van der Waals surface area contributed by atoms with Crippen LogP contribution in [0.1, 0.15) is 43.9 Å². The fourth-order valence-electron chi connectivity index (χ4n) is 4.30. The van der Waals surface area contributed by atoms with E-state index in [-0.39, 0.29) is 5.56 Å². The van der Waals surface area contributed by atoms with Crippen LogP contribution in [0.15, 0.2) is 35.1 Å². The lowest BCUT2D eigenvalue weighted by molar-refractivity contribution is 0.176. The molecule has 0 atom stereocenters. The Kier molecular flexibility index (Phi) is 5.69. The minimum atomic E-state index is -0.0643. The summed E-state index contributed by atoms with van der Waals surface area (Å²) in [5.74, 6) is 0.682.